The van der Waals surface area contributed by atoms with Crippen molar-refractivity contribution in [2.45, 2.75) is 18.5 Å². The van der Waals surface area contributed by atoms with Crippen LogP contribution in [0.4, 0.5) is 19.8 Å². The van der Waals surface area contributed by atoms with Crippen LogP contribution in [0.5, 0.6) is 0 Å². The topological polar surface area (TPSA) is 89.6 Å². The van der Waals surface area contributed by atoms with Gasteiger partial charge in [0.05, 0.1) is 6.04 Å². The first-order valence-electron chi connectivity index (χ1n) is 7.96. The summed E-state index contributed by atoms with van der Waals surface area (Å²) in [5.74, 6) is -0.0247. The number of carbonyl (C=O) groups is 2. The smallest absolute Gasteiger partial charge is 0.317 e. The van der Waals surface area contributed by atoms with Crippen LogP contribution in [-0.2, 0) is 0 Å². The SMILES string of the molecule is CNC(=O)NC1CN(C(=O)N[C@@H]2CCN(c3ncccc3F)C2)C1. The number of anilines is 1. The Bertz CT molecular complexity index is 622. The molecule has 0 spiro atoms. The highest BCUT2D eigenvalue weighted by Crippen LogP contribution is 2.21. The zero-order valence-corrected chi connectivity index (χ0v) is 13.5. The molecule has 0 aromatic carbocycles. The molecule has 3 heterocycles. The number of amides is 4. The minimum atomic E-state index is -0.352. The van der Waals surface area contributed by atoms with E-state index in [1.807, 2.05) is 4.90 Å². The molecule has 24 heavy (non-hydrogen) atoms. The summed E-state index contributed by atoms with van der Waals surface area (Å²) in [5, 5.41) is 8.18. The predicted molar refractivity (Wildman–Crippen MR) is 86.3 cm³/mol. The molecule has 0 unspecified atom stereocenters. The summed E-state index contributed by atoms with van der Waals surface area (Å²) >= 11 is 0. The molecule has 2 saturated heterocycles. The third kappa shape index (κ3) is 3.50. The molecule has 2 fully saturated rings. The van der Waals surface area contributed by atoms with E-state index in [9.17, 15) is 14.0 Å². The van der Waals surface area contributed by atoms with Gasteiger partial charge in [0, 0.05) is 45.5 Å². The van der Waals surface area contributed by atoms with Crippen molar-refractivity contribution in [3.63, 3.8) is 0 Å². The second kappa shape index (κ2) is 6.90. The highest BCUT2D eigenvalue weighted by molar-refractivity contribution is 5.77. The van der Waals surface area contributed by atoms with Gasteiger partial charge in [0.25, 0.3) is 0 Å². The van der Waals surface area contributed by atoms with Crippen molar-refractivity contribution in [1.29, 1.82) is 0 Å². The average Bonchev–Trinajstić information content (AvgIpc) is 2.98. The van der Waals surface area contributed by atoms with Gasteiger partial charge in [-0.15, -0.1) is 0 Å². The summed E-state index contributed by atoms with van der Waals surface area (Å²) in [6.07, 6.45) is 2.31. The number of hydrogen-bond donors (Lipinski definition) is 3. The van der Waals surface area contributed by atoms with Crippen LogP contribution in [0.25, 0.3) is 0 Å². The Morgan fingerprint density at radius 1 is 1.25 bits per heavy atom. The Kier molecular flexibility index (Phi) is 4.68. The van der Waals surface area contributed by atoms with Crippen LogP contribution >= 0.6 is 0 Å². The van der Waals surface area contributed by atoms with Gasteiger partial charge in [-0.25, -0.2) is 19.0 Å². The van der Waals surface area contributed by atoms with Crippen molar-refractivity contribution in [2.24, 2.45) is 0 Å². The van der Waals surface area contributed by atoms with Crippen molar-refractivity contribution in [2.75, 3.05) is 38.1 Å². The molecule has 3 N–H and O–H groups in total. The first-order chi connectivity index (χ1) is 11.6. The van der Waals surface area contributed by atoms with E-state index in [1.165, 1.54) is 6.07 Å². The van der Waals surface area contributed by atoms with Gasteiger partial charge in [-0.1, -0.05) is 0 Å². The lowest BCUT2D eigenvalue weighted by Gasteiger charge is -2.39. The summed E-state index contributed by atoms with van der Waals surface area (Å²) in [6.45, 7) is 2.17. The summed E-state index contributed by atoms with van der Waals surface area (Å²) < 4.78 is 13.8. The van der Waals surface area contributed by atoms with Crippen molar-refractivity contribution in [3.05, 3.63) is 24.1 Å². The highest BCUT2D eigenvalue weighted by atomic mass is 19.1. The van der Waals surface area contributed by atoms with E-state index >= 15 is 0 Å². The zero-order chi connectivity index (χ0) is 17.1. The first kappa shape index (κ1) is 16.3. The fourth-order valence-electron chi connectivity index (χ4n) is 2.94. The molecule has 3 rings (SSSR count). The average molecular weight is 336 g/mol. The van der Waals surface area contributed by atoms with Crippen LogP contribution in [0.2, 0.25) is 0 Å². The Balaban J connectivity index is 1.44. The van der Waals surface area contributed by atoms with Crippen LogP contribution in [0.1, 0.15) is 6.42 Å². The monoisotopic (exact) mass is 336 g/mol. The maximum Gasteiger partial charge on any atom is 0.317 e. The number of likely N-dealkylation sites (tertiary alicyclic amines) is 1. The number of pyridine rings is 1. The molecular weight excluding hydrogens is 315 g/mol. The Morgan fingerprint density at radius 3 is 2.75 bits per heavy atom. The van der Waals surface area contributed by atoms with Crippen molar-refractivity contribution in [1.82, 2.24) is 25.8 Å². The number of urea groups is 2. The van der Waals surface area contributed by atoms with Gasteiger partial charge in [-0.3, -0.25) is 0 Å². The van der Waals surface area contributed by atoms with E-state index in [2.05, 4.69) is 20.9 Å². The summed E-state index contributed by atoms with van der Waals surface area (Å²) in [5.41, 5.74) is 0. The molecule has 8 nitrogen and oxygen atoms in total. The molecule has 2 aliphatic heterocycles. The number of carbonyl (C=O) groups excluding carboxylic acids is 2. The summed E-state index contributed by atoms with van der Waals surface area (Å²) in [6, 6.07) is 2.49. The maximum absolute atomic E-state index is 13.8. The normalized spacial score (nSPS) is 20.5. The molecule has 0 saturated carbocycles. The summed E-state index contributed by atoms with van der Waals surface area (Å²) in [7, 11) is 1.55. The molecule has 4 amide bonds. The van der Waals surface area contributed by atoms with Gasteiger partial charge < -0.3 is 25.8 Å². The third-order valence-corrected chi connectivity index (χ3v) is 4.29. The molecule has 1 aromatic heterocycles. The summed E-state index contributed by atoms with van der Waals surface area (Å²) in [4.78, 5) is 30.9. The van der Waals surface area contributed by atoms with E-state index in [-0.39, 0.29) is 30.0 Å². The molecule has 1 aromatic rings. The van der Waals surface area contributed by atoms with Gasteiger partial charge >= 0.3 is 12.1 Å². The highest BCUT2D eigenvalue weighted by Gasteiger charge is 2.34. The number of nitrogens with one attached hydrogen (secondary N) is 3. The second-order valence-corrected chi connectivity index (χ2v) is 6.02. The first-order valence-corrected chi connectivity index (χ1v) is 7.96. The van der Waals surface area contributed by atoms with E-state index in [0.29, 0.717) is 32.0 Å². The molecule has 0 bridgehead atoms. The lowest BCUT2D eigenvalue weighted by atomic mass is 10.1. The quantitative estimate of drug-likeness (QED) is 0.732. The van der Waals surface area contributed by atoms with Crippen LogP contribution in [0, 0.1) is 5.82 Å². The minimum absolute atomic E-state index is 0.0154. The van der Waals surface area contributed by atoms with E-state index in [0.717, 1.165) is 6.42 Å². The fraction of sp³-hybridized carbons (Fsp3) is 0.533. The molecule has 130 valence electrons. The molecule has 0 aliphatic carbocycles. The van der Waals surface area contributed by atoms with Gasteiger partial charge in [-0.2, -0.15) is 0 Å². The number of aromatic nitrogens is 1. The van der Waals surface area contributed by atoms with Crippen LogP contribution in [0.15, 0.2) is 18.3 Å². The predicted octanol–water partition coefficient (Wildman–Crippen LogP) is 0.122. The van der Waals surface area contributed by atoms with E-state index < -0.39 is 0 Å². The van der Waals surface area contributed by atoms with Crippen LogP contribution in [-0.4, -0.2) is 67.3 Å². The number of nitrogens with zero attached hydrogens (tertiary/aromatic N) is 3. The number of hydrogen-bond acceptors (Lipinski definition) is 4. The maximum atomic E-state index is 13.8. The molecule has 9 heteroatoms. The van der Waals surface area contributed by atoms with E-state index in [1.54, 1.807) is 24.2 Å². The van der Waals surface area contributed by atoms with Crippen molar-refractivity contribution >= 4 is 17.9 Å². The molecule has 0 radical (unpaired) electrons. The minimum Gasteiger partial charge on any atom is -0.352 e. The standard InChI is InChI=1S/C15H21FN6O2/c1-17-14(23)19-11-8-22(9-11)15(24)20-10-4-6-21(7-10)13-12(16)3-2-5-18-13/h2-3,5,10-11H,4,6-9H2,1H3,(H,20,24)(H2,17,19,23)/t10-/m1/s1. The Hall–Kier alpha value is -2.58. The van der Waals surface area contributed by atoms with Gasteiger partial charge in [-0.05, 0) is 18.6 Å². The Labute approximate surface area is 139 Å². The number of halogens is 1. The van der Waals surface area contributed by atoms with E-state index in [4.69, 9.17) is 0 Å². The fourth-order valence-corrected chi connectivity index (χ4v) is 2.94. The second-order valence-electron chi connectivity index (χ2n) is 6.02. The van der Waals surface area contributed by atoms with Crippen molar-refractivity contribution < 1.29 is 14.0 Å². The van der Waals surface area contributed by atoms with Crippen LogP contribution in [0.3, 0.4) is 0 Å². The largest absolute Gasteiger partial charge is 0.352 e. The van der Waals surface area contributed by atoms with Gasteiger partial charge in [0.1, 0.15) is 0 Å². The van der Waals surface area contributed by atoms with Gasteiger partial charge in [0.2, 0.25) is 0 Å². The lowest BCUT2D eigenvalue weighted by Crippen LogP contribution is -2.64. The lowest BCUT2D eigenvalue weighted by molar-refractivity contribution is 0.137. The Morgan fingerprint density at radius 2 is 2.04 bits per heavy atom. The molecule has 1 atom stereocenters. The molecular formula is C15H21FN6O2. The third-order valence-electron chi connectivity index (χ3n) is 4.29. The zero-order valence-electron chi connectivity index (χ0n) is 13.5. The molecule has 2 aliphatic rings. The van der Waals surface area contributed by atoms with Crippen molar-refractivity contribution in [3.8, 4) is 0 Å². The van der Waals surface area contributed by atoms with Crippen LogP contribution < -0.4 is 20.9 Å². The number of rotatable bonds is 3. The van der Waals surface area contributed by atoms with Gasteiger partial charge in [0.15, 0.2) is 11.6 Å².